The molecular formula is C46H39ClF8N8O6S2. The third kappa shape index (κ3) is 9.02. The molecule has 4 aromatic carbocycles. The van der Waals surface area contributed by atoms with Crippen molar-refractivity contribution in [3.63, 3.8) is 0 Å². The predicted molar refractivity (Wildman–Crippen MR) is 245 cm³/mol. The zero-order valence-corrected chi connectivity index (χ0v) is 39.9. The number of nitrogens with one attached hydrogen (secondary N) is 2. The summed E-state index contributed by atoms with van der Waals surface area (Å²) in [6.45, 7) is 2.25. The number of hydrogen-bond acceptors (Lipinski definition) is 9. The maximum atomic E-state index is 15.6. The van der Waals surface area contributed by atoms with Crippen LogP contribution in [0.5, 0.6) is 0 Å². The maximum Gasteiger partial charge on any atom is 0.293 e. The van der Waals surface area contributed by atoms with Crippen molar-refractivity contribution in [2.45, 2.75) is 87.1 Å². The smallest absolute Gasteiger partial charge is 0.293 e. The minimum absolute atomic E-state index is 0.0352. The van der Waals surface area contributed by atoms with E-state index in [0.29, 0.717) is 26.6 Å². The van der Waals surface area contributed by atoms with Gasteiger partial charge in [-0.05, 0) is 98.3 Å². The van der Waals surface area contributed by atoms with Crippen molar-refractivity contribution in [1.29, 1.82) is 0 Å². The molecule has 71 heavy (non-hydrogen) atoms. The van der Waals surface area contributed by atoms with Crippen LogP contribution in [0.25, 0.3) is 38.6 Å². The Labute approximate surface area is 403 Å². The Morgan fingerprint density at radius 2 is 1.61 bits per heavy atom. The molecule has 3 heterocycles. The molecule has 2 N–H and O–H groups in total. The van der Waals surface area contributed by atoms with Crippen LogP contribution >= 0.6 is 11.6 Å². The molecule has 1 saturated carbocycles. The number of hydrogen-bond donors (Lipinski definition) is 2. The molecule has 0 bridgehead atoms. The van der Waals surface area contributed by atoms with E-state index in [9.17, 15) is 48.0 Å². The van der Waals surface area contributed by atoms with Crippen molar-refractivity contribution in [3.8, 4) is 16.8 Å². The van der Waals surface area contributed by atoms with Gasteiger partial charge >= 0.3 is 0 Å². The minimum atomic E-state index is -4.17. The number of carbonyl (C=O) groups is 1. The molecule has 0 radical (unpaired) electrons. The van der Waals surface area contributed by atoms with E-state index >= 15 is 13.6 Å². The predicted octanol–water partition coefficient (Wildman–Crippen LogP) is 8.99. The Morgan fingerprint density at radius 1 is 0.915 bits per heavy atom. The first-order valence-corrected chi connectivity index (χ1v) is 25.3. The second-order valence-electron chi connectivity index (χ2n) is 18.4. The zero-order chi connectivity index (χ0) is 51.4. The number of fused-ring (bicyclic) bond motifs is 5. The van der Waals surface area contributed by atoms with Crippen LogP contribution < -0.4 is 15.6 Å². The molecule has 2 aliphatic carbocycles. The van der Waals surface area contributed by atoms with Gasteiger partial charge in [0.05, 0.1) is 54.5 Å². The largest absolute Gasteiger partial charge is 0.344 e. The van der Waals surface area contributed by atoms with Crippen LogP contribution in [0.2, 0.25) is 5.02 Å². The zero-order valence-electron chi connectivity index (χ0n) is 37.5. The summed E-state index contributed by atoms with van der Waals surface area (Å²) in [5.41, 5.74) is -3.51. The van der Waals surface area contributed by atoms with E-state index in [-0.39, 0.29) is 55.0 Å². The molecular weight excluding hydrogens is 1010 g/mol. The lowest BCUT2D eigenvalue weighted by Crippen LogP contribution is -2.38. The highest BCUT2D eigenvalue weighted by molar-refractivity contribution is 7.92. The molecule has 0 spiro atoms. The van der Waals surface area contributed by atoms with E-state index in [0.717, 1.165) is 23.0 Å². The van der Waals surface area contributed by atoms with Gasteiger partial charge in [0.2, 0.25) is 15.9 Å². The third-order valence-electron chi connectivity index (χ3n) is 12.3. The van der Waals surface area contributed by atoms with E-state index in [1.54, 1.807) is 6.07 Å². The summed E-state index contributed by atoms with van der Waals surface area (Å²) in [4.78, 5) is 34.3. The molecule has 0 saturated heterocycles. The lowest BCUT2D eigenvalue weighted by Gasteiger charge is -2.24. The molecule has 3 atom stereocenters. The molecule has 14 nitrogen and oxygen atoms in total. The van der Waals surface area contributed by atoms with Crippen molar-refractivity contribution < 1.29 is 56.8 Å². The Morgan fingerprint density at radius 3 is 2.25 bits per heavy atom. The van der Waals surface area contributed by atoms with Crippen molar-refractivity contribution >= 4 is 65.0 Å². The first-order valence-electron chi connectivity index (χ1n) is 21.5. The van der Waals surface area contributed by atoms with E-state index in [1.807, 2.05) is 0 Å². The van der Waals surface area contributed by atoms with Crippen LogP contribution in [0.3, 0.4) is 0 Å². The molecule has 25 heteroatoms. The number of carbonyl (C=O) groups excluding carboxylic acids is 1. The number of sulfone groups is 1. The molecule has 3 aromatic heterocycles. The summed E-state index contributed by atoms with van der Waals surface area (Å²) in [5.74, 6) is -10.2. The maximum absolute atomic E-state index is 15.6. The van der Waals surface area contributed by atoms with Gasteiger partial charge in [-0.25, -0.2) is 48.2 Å². The average molecular weight is 1050 g/mol. The second kappa shape index (κ2) is 17.4. The number of nitrogens with zero attached hydrogens (tertiary/aromatic N) is 6. The second-order valence-corrected chi connectivity index (χ2v) is 23.2. The highest BCUT2D eigenvalue weighted by Gasteiger charge is 2.67. The number of sulfonamides is 1. The van der Waals surface area contributed by atoms with Crippen molar-refractivity contribution in [1.82, 2.24) is 34.4 Å². The monoisotopic (exact) mass is 1050 g/mol. The number of benzene rings is 4. The van der Waals surface area contributed by atoms with Gasteiger partial charge in [-0.1, -0.05) is 29.8 Å². The van der Waals surface area contributed by atoms with Crippen LogP contribution in [-0.2, 0) is 50.1 Å². The van der Waals surface area contributed by atoms with E-state index < -0.39 is 127 Å². The summed E-state index contributed by atoms with van der Waals surface area (Å²) in [5, 5.41) is 9.64. The molecule has 1 fully saturated rings. The minimum Gasteiger partial charge on any atom is -0.344 e. The summed E-state index contributed by atoms with van der Waals surface area (Å²) < 4.78 is 173. The van der Waals surface area contributed by atoms with Crippen LogP contribution in [0.1, 0.15) is 73.9 Å². The fraction of sp³-hybridized carbons (Fsp3) is 0.326. The van der Waals surface area contributed by atoms with E-state index in [1.165, 1.54) is 69.3 Å². The van der Waals surface area contributed by atoms with Crippen LogP contribution in [0.4, 0.5) is 40.9 Å². The van der Waals surface area contributed by atoms with Crippen LogP contribution in [0, 0.1) is 17.6 Å². The Hall–Kier alpha value is -6.40. The van der Waals surface area contributed by atoms with Crippen molar-refractivity contribution in [3.05, 3.63) is 128 Å². The van der Waals surface area contributed by atoms with Crippen molar-refractivity contribution in [2.24, 2.45) is 5.92 Å². The number of amides is 1. The first-order chi connectivity index (χ1) is 33.1. The summed E-state index contributed by atoms with van der Waals surface area (Å²) in [6, 6.07) is 13.0. The fourth-order valence-electron chi connectivity index (χ4n) is 9.12. The Bertz CT molecular complexity index is 3630. The molecule has 374 valence electrons. The molecule has 7 aromatic rings. The number of aromatic nitrogens is 6. The van der Waals surface area contributed by atoms with Gasteiger partial charge in [0.1, 0.15) is 41.9 Å². The Kier molecular flexibility index (Phi) is 12.2. The molecule has 2 aliphatic rings. The molecule has 9 rings (SSSR count). The quantitative estimate of drug-likeness (QED) is 0.101. The third-order valence-corrected chi connectivity index (χ3v) is 15.7. The topological polar surface area (TPSA) is 180 Å². The average Bonchev–Trinajstić information content (AvgIpc) is 3.79. The number of anilines is 1. The standard InChI is InChI=1S/C46H39ClF8N8O6S2/c1-45(2,3)71(68,69)26-7-5-6-22(15-26)23-8-9-27-31(16-23)57-43(63(44(27)65)33-11-10-30(47)37-39(33)61(19-34(50)51)59-42(37)60-70(4,66)67)32(14-21-12-24(48)17-25(49)13-21)56-35(64)20-62-40-36(38(58-62)41(52)53)28-18-29(28)46(40,54)55/h5-13,15-17,28-29,32,34,41H,14,18-20H2,1-4H3,(H,56,64)(H,59,60)/t28-,29+,32-/m0/s1. The molecule has 0 unspecified atom stereocenters. The van der Waals surface area contributed by atoms with Gasteiger partial charge in [-0.15, -0.1) is 0 Å². The normalized spacial score (nSPS) is 17.0. The lowest BCUT2D eigenvalue weighted by molar-refractivity contribution is -0.123. The van der Waals surface area contributed by atoms with Crippen molar-refractivity contribution in [2.75, 3.05) is 11.0 Å². The lowest BCUT2D eigenvalue weighted by atomic mass is 10.0. The van der Waals surface area contributed by atoms with E-state index in [4.69, 9.17) is 16.6 Å². The fourth-order valence-corrected chi connectivity index (χ4v) is 11.1. The van der Waals surface area contributed by atoms with Gasteiger partial charge in [0, 0.05) is 24.0 Å². The summed E-state index contributed by atoms with van der Waals surface area (Å²) in [6.07, 6.45) is -6.38. The number of halogens is 9. The highest BCUT2D eigenvalue weighted by Crippen LogP contribution is 2.68. The number of alkyl halides is 6. The van der Waals surface area contributed by atoms with Gasteiger partial charge < -0.3 is 5.32 Å². The van der Waals surface area contributed by atoms with E-state index in [2.05, 4.69) is 20.2 Å². The SMILES string of the molecule is CC(C)(C)S(=O)(=O)c1cccc(-c2ccc3c(=O)n(-c4ccc(Cl)c5c(NS(C)(=O)=O)nn(CC(F)F)c45)c([C@H](Cc4cc(F)cc(F)c4)NC(=O)Cn4nc(C(F)F)c5c4C(F)(F)[C@@H]4C[C@H]54)nc3c2)c1. The Balaban J connectivity index is 1.29. The van der Waals surface area contributed by atoms with Gasteiger partial charge in [0.15, 0.2) is 15.7 Å². The van der Waals surface area contributed by atoms with Gasteiger partial charge in [-0.2, -0.15) is 19.0 Å². The number of rotatable bonds is 14. The first kappa shape index (κ1) is 49.6. The summed E-state index contributed by atoms with van der Waals surface area (Å²) in [7, 11) is -8.05. The highest BCUT2D eigenvalue weighted by atomic mass is 35.5. The molecule has 1 amide bonds. The van der Waals surface area contributed by atoms with Crippen LogP contribution in [-0.4, -0.2) is 69.3 Å². The molecule has 0 aliphatic heterocycles. The van der Waals surface area contributed by atoms with Crippen LogP contribution in [0.15, 0.2) is 82.5 Å². The summed E-state index contributed by atoms with van der Waals surface area (Å²) >= 11 is 6.60. The van der Waals surface area contributed by atoms with Gasteiger partial charge in [-0.3, -0.25) is 28.2 Å². The van der Waals surface area contributed by atoms with Gasteiger partial charge in [0.25, 0.3) is 24.3 Å².